The van der Waals surface area contributed by atoms with E-state index in [2.05, 4.69) is 0 Å². The topological polar surface area (TPSA) is 102 Å². The van der Waals surface area contributed by atoms with Crippen molar-refractivity contribution in [1.82, 2.24) is 0 Å². The molecule has 0 radical (unpaired) electrons. The van der Waals surface area contributed by atoms with Gasteiger partial charge in [0, 0.05) is 12.5 Å². The SMILES string of the molecule is CS(=O)(=O)C(S(C)(=O)=O)S(=O)(=O)c1ccccc1. The van der Waals surface area contributed by atoms with E-state index in [0.717, 1.165) is 12.1 Å². The third-order valence-corrected chi connectivity index (χ3v) is 10.6. The van der Waals surface area contributed by atoms with E-state index in [1.807, 2.05) is 0 Å². The summed E-state index contributed by atoms with van der Waals surface area (Å²) >= 11 is 0. The van der Waals surface area contributed by atoms with Crippen molar-refractivity contribution in [3.05, 3.63) is 30.3 Å². The monoisotopic (exact) mass is 312 g/mol. The lowest BCUT2D eigenvalue weighted by atomic mass is 10.4. The molecule has 0 saturated carbocycles. The molecule has 0 aromatic heterocycles. The van der Waals surface area contributed by atoms with Gasteiger partial charge in [0.25, 0.3) is 3.91 Å². The summed E-state index contributed by atoms with van der Waals surface area (Å²) in [6.45, 7) is 0. The molecule has 0 N–H and O–H groups in total. The second-order valence-corrected chi connectivity index (χ2v) is 11.0. The van der Waals surface area contributed by atoms with Crippen molar-refractivity contribution >= 4 is 29.5 Å². The molecule has 9 heteroatoms. The van der Waals surface area contributed by atoms with Crippen molar-refractivity contribution < 1.29 is 25.3 Å². The number of hydrogen-bond acceptors (Lipinski definition) is 6. The number of rotatable bonds is 4. The summed E-state index contributed by atoms with van der Waals surface area (Å²) < 4.78 is 67.4. The lowest BCUT2D eigenvalue weighted by molar-refractivity contribution is 0.577. The van der Waals surface area contributed by atoms with Crippen LogP contribution in [-0.4, -0.2) is 41.7 Å². The van der Waals surface area contributed by atoms with Crippen molar-refractivity contribution in [2.24, 2.45) is 0 Å². The summed E-state index contributed by atoms with van der Waals surface area (Å²) in [5.74, 6) is 0. The Kier molecular flexibility index (Phi) is 3.89. The minimum atomic E-state index is -4.49. The molecule has 0 bridgehead atoms. The summed E-state index contributed by atoms with van der Waals surface area (Å²) in [6.07, 6.45) is 1.17. The Bertz CT molecular complexity index is 697. The van der Waals surface area contributed by atoms with Crippen LogP contribution in [0, 0.1) is 0 Å². The zero-order valence-electron chi connectivity index (χ0n) is 9.64. The Hall–Kier alpha value is -0.930. The van der Waals surface area contributed by atoms with Gasteiger partial charge < -0.3 is 0 Å². The van der Waals surface area contributed by atoms with Gasteiger partial charge in [0.1, 0.15) is 0 Å². The van der Waals surface area contributed by atoms with E-state index in [1.54, 1.807) is 0 Å². The molecule has 0 saturated heterocycles. The molecule has 0 amide bonds. The van der Waals surface area contributed by atoms with Crippen LogP contribution in [-0.2, 0) is 29.5 Å². The lowest BCUT2D eigenvalue weighted by Gasteiger charge is -2.14. The molecular weight excluding hydrogens is 300 g/mol. The zero-order chi connectivity index (χ0) is 14.2. The number of sulfone groups is 3. The fourth-order valence-corrected chi connectivity index (χ4v) is 9.15. The predicted octanol–water partition coefficient (Wildman–Crippen LogP) is -0.167. The molecule has 18 heavy (non-hydrogen) atoms. The third-order valence-electron chi connectivity index (χ3n) is 2.02. The molecule has 1 aromatic rings. The Morgan fingerprint density at radius 1 is 0.778 bits per heavy atom. The van der Waals surface area contributed by atoms with Crippen LogP contribution < -0.4 is 0 Å². The predicted molar refractivity (Wildman–Crippen MR) is 67.1 cm³/mol. The largest absolute Gasteiger partial charge is 0.266 e. The van der Waals surface area contributed by atoms with Gasteiger partial charge in [0.05, 0.1) is 4.90 Å². The Balaban J connectivity index is 3.61. The molecule has 0 aliphatic carbocycles. The zero-order valence-corrected chi connectivity index (χ0v) is 12.1. The fourth-order valence-electron chi connectivity index (χ4n) is 1.50. The summed E-state index contributed by atoms with van der Waals surface area (Å²) in [5.41, 5.74) is 0. The molecule has 0 heterocycles. The molecule has 0 aliphatic heterocycles. The van der Waals surface area contributed by atoms with Crippen molar-refractivity contribution in [3.63, 3.8) is 0 Å². The molecule has 0 unspecified atom stereocenters. The van der Waals surface area contributed by atoms with Crippen LogP contribution in [0.25, 0.3) is 0 Å². The van der Waals surface area contributed by atoms with Gasteiger partial charge in [-0.2, -0.15) is 0 Å². The summed E-state index contributed by atoms with van der Waals surface area (Å²) in [7, 11) is -13.1. The van der Waals surface area contributed by atoms with Gasteiger partial charge in [-0.25, -0.2) is 25.3 Å². The van der Waals surface area contributed by atoms with Gasteiger partial charge in [-0.05, 0) is 12.1 Å². The normalized spacial score (nSPS) is 13.7. The minimum Gasteiger partial charge on any atom is -0.227 e. The van der Waals surface area contributed by atoms with Crippen LogP contribution in [0.5, 0.6) is 0 Å². The quantitative estimate of drug-likeness (QED) is 0.765. The van der Waals surface area contributed by atoms with E-state index in [4.69, 9.17) is 0 Å². The molecule has 102 valence electrons. The van der Waals surface area contributed by atoms with Crippen molar-refractivity contribution in [2.75, 3.05) is 12.5 Å². The molecule has 6 nitrogen and oxygen atoms in total. The van der Waals surface area contributed by atoms with Crippen LogP contribution >= 0.6 is 0 Å². The lowest BCUT2D eigenvalue weighted by Crippen LogP contribution is -2.36. The smallest absolute Gasteiger partial charge is 0.227 e. The maximum atomic E-state index is 12.1. The highest BCUT2D eigenvalue weighted by Gasteiger charge is 2.44. The summed E-state index contributed by atoms with van der Waals surface area (Å²) in [5, 5.41) is 0. The molecule has 0 spiro atoms. The number of benzene rings is 1. The van der Waals surface area contributed by atoms with E-state index >= 15 is 0 Å². The van der Waals surface area contributed by atoms with Gasteiger partial charge in [-0.15, -0.1) is 0 Å². The fraction of sp³-hybridized carbons (Fsp3) is 0.333. The van der Waals surface area contributed by atoms with Gasteiger partial charge in [0.15, 0.2) is 19.7 Å². The van der Waals surface area contributed by atoms with Gasteiger partial charge in [-0.1, -0.05) is 18.2 Å². The Morgan fingerprint density at radius 3 is 1.50 bits per heavy atom. The van der Waals surface area contributed by atoms with E-state index in [-0.39, 0.29) is 4.90 Å². The summed E-state index contributed by atoms with van der Waals surface area (Å²) in [6, 6.07) is 6.61. The first kappa shape index (κ1) is 15.1. The molecule has 0 fully saturated rings. The first-order valence-corrected chi connectivity index (χ1v) is 10.1. The van der Waals surface area contributed by atoms with Crippen molar-refractivity contribution in [2.45, 2.75) is 8.81 Å². The third kappa shape index (κ3) is 3.09. The van der Waals surface area contributed by atoms with Crippen LogP contribution in [0.1, 0.15) is 0 Å². The van der Waals surface area contributed by atoms with Crippen LogP contribution in [0.2, 0.25) is 0 Å². The van der Waals surface area contributed by atoms with Crippen molar-refractivity contribution in [3.8, 4) is 0 Å². The first-order valence-electron chi connectivity index (χ1n) is 4.64. The van der Waals surface area contributed by atoms with Crippen LogP contribution in [0.3, 0.4) is 0 Å². The number of hydrogen-bond donors (Lipinski definition) is 0. The Labute approximate surface area is 106 Å². The molecule has 0 atom stereocenters. The molecule has 0 aliphatic rings. The van der Waals surface area contributed by atoms with E-state index in [0.29, 0.717) is 12.5 Å². The highest BCUT2D eigenvalue weighted by Crippen LogP contribution is 2.23. The molecule has 1 aromatic carbocycles. The van der Waals surface area contributed by atoms with Gasteiger partial charge >= 0.3 is 0 Å². The van der Waals surface area contributed by atoms with Crippen LogP contribution in [0.15, 0.2) is 35.2 Å². The average molecular weight is 312 g/mol. The second-order valence-electron chi connectivity index (χ2n) is 3.81. The second kappa shape index (κ2) is 4.63. The van der Waals surface area contributed by atoms with E-state index in [9.17, 15) is 25.3 Å². The first-order chi connectivity index (χ1) is 7.97. The highest BCUT2D eigenvalue weighted by atomic mass is 32.3. The Morgan fingerprint density at radius 2 is 1.17 bits per heavy atom. The van der Waals surface area contributed by atoms with E-state index < -0.39 is 33.4 Å². The van der Waals surface area contributed by atoms with Crippen LogP contribution in [0.4, 0.5) is 0 Å². The maximum Gasteiger partial charge on any atom is 0.266 e. The maximum absolute atomic E-state index is 12.1. The average Bonchev–Trinajstić information content (AvgIpc) is 2.13. The molecule has 1 rings (SSSR count). The van der Waals surface area contributed by atoms with Gasteiger partial charge in [-0.3, -0.25) is 0 Å². The van der Waals surface area contributed by atoms with Gasteiger partial charge in [0.2, 0.25) is 9.84 Å². The molecular formula is C9H12O6S3. The standard InChI is InChI=1S/C9H12O6S3/c1-16(10,11)9(17(2,12)13)18(14,15)8-6-4-3-5-7-8/h3-7,9H,1-2H3. The minimum absolute atomic E-state index is 0.342. The van der Waals surface area contributed by atoms with Crippen molar-refractivity contribution in [1.29, 1.82) is 0 Å². The van der Waals surface area contributed by atoms with E-state index in [1.165, 1.54) is 18.2 Å². The highest BCUT2D eigenvalue weighted by molar-refractivity contribution is 8.23. The summed E-state index contributed by atoms with van der Waals surface area (Å²) in [4.78, 5) is -0.342.